The lowest BCUT2D eigenvalue weighted by molar-refractivity contribution is -0.137. The van der Waals surface area contributed by atoms with Gasteiger partial charge in [0.2, 0.25) is 10.0 Å². The van der Waals surface area contributed by atoms with Crippen molar-refractivity contribution in [3.63, 3.8) is 0 Å². The van der Waals surface area contributed by atoms with Crippen LogP contribution in [0.5, 0.6) is 0 Å². The highest BCUT2D eigenvalue weighted by molar-refractivity contribution is 7.89. The van der Waals surface area contributed by atoms with Crippen molar-refractivity contribution < 1.29 is 18.3 Å². The summed E-state index contributed by atoms with van der Waals surface area (Å²) >= 11 is 0. The smallest absolute Gasteiger partial charge is 0.303 e. The summed E-state index contributed by atoms with van der Waals surface area (Å²) in [7, 11) is -3.24. The summed E-state index contributed by atoms with van der Waals surface area (Å²) in [6.07, 6.45) is 3.08. The van der Waals surface area contributed by atoms with Crippen molar-refractivity contribution in [2.24, 2.45) is 5.92 Å². The molecule has 0 aromatic carbocycles. The monoisotopic (exact) mass is 263 g/mol. The van der Waals surface area contributed by atoms with Gasteiger partial charge >= 0.3 is 5.97 Å². The summed E-state index contributed by atoms with van der Waals surface area (Å²) in [5.74, 6) is -0.346. The molecule has 0 aliphatic carbocycles. The lowest BCUT2D eigenvalue weighted by Crippen LogP contribution is -2.39. The summed E-state index contributed by atoms with van der Waals surface area (Å²) in [4.78, 5) is 10.3. The second kappa shape index (κ2) is 6.35. The molecule has 1 saturated heterocycles. The van der Waals surface area contributed by atoms with Gasteiger partial charge in [0.05, 0.1) is 5.75 Å². The van der Waals surface area contributed by atoms with E-state index < -0.39 is 16.0 Å². The Balaban J connectivity index is 2.40. The van der Waals surface area contributed by atoms with E-state index in [1.54, 1.807) is 0 Å². The predicted molar refractivity (Wildman–Crippen MR) is 65.2 cm³/mol. The first kappa shape index (κ1) is 14.4. The molecule has 1 N–H and O–H groups in total. The van der Waals surface area contributed by atoms with E-state index in [2.05, 4.69) is 6.92 Å². The molecule has 1 heterocycles. The summed E-state index contributed by atoms with van der Waals surface area (Å²) in [6.45, 7) is 3.31. The highest BCUT2D eigenvalue weighted by Crippen LogP contribution is 2.22. The number of aliphatic carboxylic acids is 1. The number of sulfonamides is 1. The van der Waals surface area contributed by atoms with Gasteiger partial charge in [-0.1, -0.05) is 13.3 Å². The van der Waals surface area contributed by atoms with E-state index >= 15 is 0 Å². The van der Waals surface area contributed by atoms with E-state index in [4.69, 9.17) is 5.11 Å². The first-order valence-electron chi connectivity index (χ1n) is 6.15. The number of hydrogen-bond acceptors (Lipinski definition) is 3. The molecule has 0 radical (unpaired) electrons. The van der Waals surface area contributed by atoms with Crippen LogP contribution in [-0.4, -0.2) is 42.6 Å². The van der Waals surface area contributed by atoms with Crippen LogP contribution in [0.4, 0.5) is 0 Å². The Labute approximate surface area is 103 Å². The van der Waals surface area contributed by atoms with Gasteiger partial charge in [0.15, 0.2) is 0 Å². The van der Waals surface area contributed by atoms with Gasteiger partial charge in [-0.15, -0.1) is 0 Å². The van der Waals surface area contributed by atoms with Crippen LogP contribution in [0.15, 0.2) is 0 Å². The number of nitrogens with zero attached hydrogens (tertiary/aromatic N) is 1. The molecule has 0 amide bonds. The summed E-state index contributed by atoms with van der Waals surface area (Å²) in [6, 6.07) is 0. The Kier molecular flexibility index (Phi) is 5.39. The molecule has 0 aromatic rings. The molecule has 100 valence electrons. The van der Waals surface area contributed by atoms with E-state index in [0.29, 0.717) is 19.0 Å². The van der Waals surface area contributed by atoms with Gasteiger partial charge in [-0.25, -0.2) is 12.7 Å². The standard InChI is InChI=1S/C11H21NO4S/c1-2-10-5-7-12(8-6-10)17(15,16)9-3-4-11(13)14/h10H,2-9H2,1H3,(H,13,14). The molecule has 1 rings (SSSR count). The van der Waals surface area contributed by atoms with Gasteiger partial charge in [-0.2, -0.15) is 0 Å². The van der Waals surface area contributed by atoms with Crippen LogP contribution < -0.4 is 0 Å². The van der Waals surface area contributed by atoms with Crippen molar-refractivity contribution >= 4 is 16.0 Å². The van der Waals surface area contributed by atoms with E-state index in [1.165, 1.54) is 4.31 Å². The molecular weight excluding hydrogens is 242 g/mol. The molecule has 0 unspecified atom stereocenters. The highest BCUT2D eigenvalue weighted by atomic mass is 32.2. The largest absolute Gasteiger partial charge is 0.481 e. The summed E-state index contributed by atoms with van der Waals surface area (Å²) in [5.41, 5.74) is 0. The van der Waals surface area contributed by atoms with E-state index in [1.807, 2.05) is 0 Å². The zero-order valence-electron chi connectivity index (χ0n) is 10.3. The minimum atomic E-state index is -3.24. The topological polar surface area (TPSA) is 74.7 Å². The van der Waals surface area contributed by atoms with Crippen LogP contribution in [-0.2, 0) is 14.8 Å². The highest BCUT2D eigenvalue weighted by Gasteiger charge is 2.26. The van der Waals surface area contributed by atoms with Crippen molar-refractivity contribution in [2.75, 3.05) is 18.8 Å². The Morgan fingerprint density at radius 3 is 2.41 bits per heavy atom. The van der Waals surface area contributed by atoms with Gasteiger partial charge in [-0.05, 0) is 25.2 Å². The number of carboxylic acid groups (broad SMARTS) is 1. The molecule has 1 fully saturated rings. The van der Waals surface area contributed by atoms with Gasteiger partial charge < -0.3 is 5.11 Å². The van der Waals surface area contributed by atoms with Crippen molar-refractivity contribution in [2.45, 2.75) is 39.0 Å². The average molecular weight is 263 g/mol. The molecule has 0 atom stereocenters. The van der Waals surface area contributed by atoms with Crippen LogP contribution >= 0.6 is 0 Å². The maximum Gasteiger partial charge on any atom is 0.303 e. The number of piperidine rings is 1. The lowest BCUT2D eigenvalue weighted by Gasteiger charge is -2.30. The Hall–Kier alpha value is -0.620. The predicted octanol–water partition coefficient (Wildman–Crippen LogP) is 1.30. The third-order valence-electron chi connectivity index (χ3n) is 3.34. The maximum absolute atomic E-state index is 11.9. The zero-order chi connectivity index (χ0) is 12.9. The fourth-order valence-corrected chi connectivity index (χ4v) is 3.67. The second-order valence-electron chi connectivity index (χ2n) is 4.56. The molecule has 0 spiro atoms. The normalized spacial score (nSPS) is 19.4. The van der Waals surface area contributed by atoms with E-state index in [-0.39, 0.29) is 18.6 Å². The quantitative estimate of drug-likeness (QED) is 0.784. The molecule has 0 saturated carbocycles. The third-order valence-corrected chi connectivity index (χ3v) is 5.29. The van der Waals surface area contributed by atoms with Crippen molar-refractivity contribution in [3.05, 3.63) is 0 Å². The minimum absolute atomic E-state index is 0.0455. The molecular formula is C11H21NO4S. The Bertz CT molecular complexity index is 344. The molecule has 1 aliphatic rings. The Morgan fingerprint density at radius 2 is 1.94 bits per heavy atom. The van der Waals surface area contributed by atoms with Crippen LogP contribution in [0, 0.1) is 5.92 Å². The van der Waals surface area contributed by atoms with Gasteiger partial charge in [-0.3, -0.25) is 4.79 Å². The van der Waals surface area contributed by atoms with Crippen LogP contribution in [0.3, 0.4) is 0 Å². The van der Waals surface area contributed by atoms with Gasteiger partial charge in [0, 0.05) is 19.5 Å². The van der Waals surface area contributed by atoms with Crippen LogP contribution in [0.1, 0.15) is 39.0 Å². The van der Waals surface area contributed by atoms with Crippen LogP contribution in [0.25, 0.3) is 0 Å². The van der Waals surface area contributed by atoms with Crippen molar-refractivity contribution in [3.8, 4) is 0 Å². The lowest BCUT2D eigenvalue weighted by atomic mass is 9.96. The van der Waals surface area contributed by atoms with E-state index in [0.717, 1.165) is 19.3 Å². The van der Waals surface area contributed by atoms with Crippen molar-refractivity contribution in [1.82, 2.24) is 4.31 Å². The van der Waals surface area contributed by atoms with Gasteiger partial charge in [0.1, 0.15) is 0 Å². The van der Waals surface area contributed by atoms with E-state index in [9.17, 15) is 13.2 Å². The first-order chi connectivity index (χ1) is 7.95. The maximum atomic E-state index is 11.9. The fraction of sp³-hybridized carbons (Fsp3) is 0.909. The fourth-order valence-electron chi connectivity index (χ4n) is 2.13. The van der Waals surface area contributed by atoms with Crippen molar-refractivity contribution in [1.29, 1.82) is 0 Å². The Morgan fingerprint density at radius 1 is 1.35 bits per heavy atom. The average Bonchev–Trinajstić information content (AvgIpc) is 2.28. The van der Waals surface area contributed by atoms with Gasteiger partial charge in [0.25, 0.3) is 0 Å². The number of rotatable bonds is 6. The molecule has 1 aliphatic heterocycles. The number of carboxylic acids is 1. The second-order valence-corrected chi connectivity index (χ2v) is 6.65. The number of carbonyl (C=O) groups is 1. The molecule has 17 heavy (non-hydrogen) atoms. The first-order valence-corrected chi connectivity index (χ1v) is 7.76. The molecule has 6 heteroatoms. The molecule has 0 aromatic heterocycles. The summed E-state index contributed by atoms with van der Waals surface area (Å²) < 4.78 is 25.3. The SMILES string of the molecule is CCC1CCN(S(=O)(=O)CCCC(=O)O)CC1. The summed E-state index contributed by atoms with van der Waals surface area (Å²) in [5, 5.41) is 8.48. The minimum Gasteiger partial charge on any atom is -0.481 e. The van der Waals surface area contributed by atoms with Crippen LogP contribution in [0.2, 0.25) is 0 Å². The molecule has 0 bridgehead atoms. The number of hydrogen-bond donors (Lipinski definition) is 1. The third kappa shape index (κ3) is 4.63. The molecule has 5 nitrogen and oxygen atoms in total. The zero-order valence-corrected chi connectivity index (χ0v) is 11.1.